The molecule has 0 radical (unpaired) electrons. The number of nitrogens with zero attached hydrogens (tertiary/aromatic N) is 2. The second-order valence-electron chi connectivity index (χ2n) is 5.79. The number of hydrogen-bond acceptors (Lipinski definition) is 3. The van der Waals surface area contributed by atoms with E-state index in [4.69, 9.17) is 4.74 Å². The van der Waals surface area contributed by atoms with Crippen LogP contribution in [0.3, 0.4) is 0 Å². The van der Waals surface area contributed by atoms with E-state index in [0.29, 0.717) is 6.20 Å². The lowest BCUT2D eigenvalue weighted by molar-refractivity contribution is -0.138. The number of carbonyl (C=O) groups excluding carboxylic acids is 1. The molecule has 1 fully saturated rings. The monoisotopic (exact) mass is 302 g/mol. The van der Waals surface area contributed by atoms with Crippen molar-refractivity contribution in [3.63, 3.8) is 0 Å². The lowest BCUT2D eigenvalue weighted by Gasteiger charge is -2.41. The first-order chi connectivity index (χ1) is 9.60. The highest BCUT2D eigenvalue weighted by molar-refractivity contribution is 5.95. The topological polar surface area (TPSA) is 42.4 Å². The quantitative estimate of drug-likeness (QED) is 0.801. The maximum Gasteiger partial charge on any atom is 0.418 e. The van der Waals surface area contributed by atoms with Gasteiger partial charge in [0.25, 0.3) is 5.91 Å². The van der Waals surface area contributed by atoms with E-state index < -0.39 is 23.2 Å². The summed E-state index contributed by atoms with van der Waals surface area (Å²) >= 11 is 0. The number of morpholine rings is 1. The van der Waals surface area contributed by atoms with Gasteiger partial charge in [-0.05, 0) is 26.8 Å². The van der Waals surface area contributed by atoms with Gasteiger partial charge in [0, 0.05) is 25.5 Å². The fourth-order valence-corrected chi connectivity index (χ4v) is 2.59. The molecule has 0 aliphatic carbocycles. The van der Waals surface area contributed by atoms with Crippen molar-refractivity contribution in [2.75, 3.05) is 13.1 Å². The van der Waals surface area contributed by atoms with Crippen molar-refractivity contribution in [3.05, 3.63) is 29.6 Å². The van der Waals surface area contributed by atoms with Crippen LogP contribution in [0, 0.1) is 0 Å². The van der Waals surface area contributed by atoms with E-state index in [1.54, 1.807) is 20.8 Å². The van der Waals surface area contributed by atoms with Crippen molar-refractivity contribution in [3.8, 4) is 0 Å². The normalized spacial score (nSPS) is 22.2. The molecule has 116 valence electrons. The molecule has 4 nitrogen and oxygen atoms in total. The maximum absolute atomic E-state index is 13.0. The molecule has 0 spiro atoms. The van der Waals surface area contributed by atoms with Crippen molar-refractivity contribution >= 4 is 5.91 Å². The van der Waals surface area contributed by atoms with E-state index in [-0.39, 0.29) is 24.8 Å². The summed E-state index contributed by atoms with van der Waals surface area (Å²) < 4.78 is 44.6. The Morgan fingerprint density at radius 1 is 1.48 bits per heavy atom. The smallest absolute Gasteiger partial charge is 0.369 e. The molecular formula is C14H17F3N2O2. The van der Waals surface area contributed by atoms with Crippen LogP contribution < -0.4 is 0 Å². The maximum atomic E-state index is 13.0. The fraction of sp³-hybridized carbons (Fsp3) is 0.571. The second kappa shape index (κ2) is 5.29. The average molecular weight is 302 g/mol. The predicted molar refractivity (Wildman–Crippen MR) is 69.8 cm³/mol. The number of pyridine rings is 1. The van der Waals surface area contributed by atoms with E-state index >= 15 is 0 Å². The number of aromatic nitrogens is 1. The van der Waals surface area contributed by atoms with Gasteiger partial charge in [-0.25, -0.2) is 0 Å². The zero-order valence-corrected chi connectivity index (χ0v) is 12.1. The summed E-state index contributed by atoms with van der Waals surface area (Å²) in [6, 6.07) is 1.11. The molecule has 2 heterocycles. The summed E-state index contributed by atoms with van der Waals surface area (Å²) in [6.07, 6.45) is -2.96. The van der Waals surface area contributed by atoms with Gasteiger partial charge in [-0.3, -0.25) is 9.78 Å². The van der Waals surface area contributed by atoms with Gasteiger partial charge in [-0.15, -0.1) is 0 Å². The molecule has 7 heteroatoms. The standard InChI is InChI=1S/C14H17F3N2O2/c1-9-7-19(8-13(2,3)21-9)12(20)10-4-5-18-6-11(10)14(15,16)17/h4-6,9H,7-8H2,1-3H3. The van der Waals surface area contributed by atoms with E-state index in [9.17, 15) is 18.0 Å². The Balaban J connectivity index is 2.33. The van der Waals surface area contributed by atoms with Gasteiger partial charge in [0.1, 0.15) is 0 Å². The first kappa shape index (κ1) is 15.8. The van der Waals surface area contributed by atoms with Gasteiger partial charge in [-0.2, -0.15) is 13.2 Å². The molecular weight excluding hydrogens is 285 g/mol. The Bertz CT molecular complexity index is 543. The van der Waals surface area contributed by atoms with Crippen LogP contribution in [0.25, 0.3) is 0 Å². The minimum absolute atomic E-state index is 0.228. The zero-order valence-electron chi connectivity index (χ0n) is 12.1. The molecule has 0 aromatic carbocycles. The molecule has 1 aliphatic rings. The molecule has 1 atom stereocenters. The number of rotatable bonds is 1. The molecule has 21 heavy (non-hydrogen) atoms. The molecule has 1 unspecified atom stereocenters. The van der Waals surface area contributed by atoms with Gasteiger partial charge in [0.05, 0.1) is 22.8 Å². The van der Waals surface area contributed by atoms with Crippen molar-refractivity contribution in [1.29, 1.82) is 0 Å². The van der Waals surface area contributed by atoms with Crippen LogP contribution in [0.15, 0.2) is 18.5 Å². The number of hydrogen-bond donors (Lipinski definition) is 0. The van der Waals surface area contributed by atoms with Gasteiger partial charge >= 0.3 is 6.18 Å². The van der Waals surface area contributed by atoms with E-state index in [1.165, 1.54) is 11.1 Å². The molecule has 1 aromatic heterocycles. The number of halogens is 3. The molecule has 1 amide bonds. The minimum atomic E-state index is -4.60. The number of carbonyl (C=O) groups is 1. The van der Waals surface area contributed by atoms with Gasteiger partial charge in [0.2, 0.25) is 0 Å². The fourth-order valence-electron chi connectivity index (χ4n) is 2.59. The van der Waals surface area contributed by atoms with Crippen LogP contribution in [0.1, 0.15) is 36.7 Å². The average Bonchev–Trinajstić information content (AvgIpc) is 2.34. The SMILES string of the molecule is CC1CN(C(=O)c2ccncc2C(F)(F)F)CC(C)(C)O1. The van der Waals surface area contributed by atoms with Gasteiger partial charge < -0.3 is 9.64 Å². The lowest BCUT2D eigenvalue weighted by atomic mass is 10.0. The third kappa shape index (κ3) is 3.53. The van der Waals surface area contributed by atoms with Crippen molar-refractivity contribution in [2.24, 2.45) is 0 Å². The van der Waals surface area contributed by atoms with E-state index in [0.717, 1.165) is 6.07 Å². The third-order valence-electron chi connectivity index (χ3n) is 3.21. The molecule has 0 saturated carbocycles. The molecule has 1 aromatic rings. The van der Waals surface area contributed by atoms with Crippen LogP contribution in [0.2, 0.25) is 0 Å². The molecule has 2 rings (SSSR count). The van der Waals surface area contributed by atoms with Crippen molar-refractivity contribution in [2.45, 2.75) is 38.7 Å². The van der Waals surface area contributed by atoms with Crippen LogP contribution in [0.4, 0.5) is 13.2 Å². The van der Waals surface area contributed by atoms with Gasteiger partial charge in [0.15, 0.2) is 0 Å². The molecule has 0 N–H and O–H groups in total. The minimum Gasteiger partial charge on any atom is -0.369 e. The Labute approximate surface area is 120 Å². The Kier molecular flexibility index (Phi) is 3.97. The molecule has 1 aliphatic heterocycles. The summed E-state index contributed by atoms with van der Waals surface area (Å²) in [6.45, 7) is 5.91. The van der Waals surface area contributed by atoms with Crippen molar-refractivity contribution < 1.29 is 22.7 Å². The first-order valence-electron chi connectivity index (χ1n) is 6.58. The third-order valence-corrected chi connectivity index (χ3v) is 3.21. The zero-order chi connectivity index (χ0) is 15.8. The number of amides is 1. The largest absolute Gasteiger partial charge is 0.418 e. The highest BCUT2D eigenvalue weighted by Gasteiger charge is 2.39. The van der Waals surface area contributed by atoms with Crippen LogP contribution in [0.5, 0.6) is 0 Å². The Morgan fingerprint density at radius 2 is 2.14 bits per heavy atom. The number of alkyl halides is 3. The van der Waals surface area contributed by atoms with Crippen LogP contribution in [-0.4, -0.2) is 40.6 Å². The summed E-state index contributed by atoms with van der Waals surface area (Å²) in [4.78, 5) is 17.3. The second-order valence-corrected chi connectivity index (χ2v) is 5.79. The Morgan fingerprint density at radius 3 is 2.71 bits per heavy atom. The van der Waals surface area contributed by atoms with E-state index in [1.807, 2.05) is 0 Å². The summed E-state index contributed by atoms with van der Waals surface area (Å²) in [7, 11) is 0. The first-order valence-corrected chi connectivity index (χ1v) is 6.58. The van der Waals surface area contributed by atoms with Gasteiger partial charge in [-0.1, -0.05) is 0 Å². The molecule has 0 bridgehead atoms. The summed E-state index contributed by atoms with van der Waals surface area (Å²) in [5.41, 5.74) is -1.96. The highest BCUT2D eigenvalue weighted by Crippen LogP contribution is 2.32. The predicted octanol–water partition coefficient (Wildman–Crippen LogP) is 2.74. The highest BCUT2D eigenvalue weighted by atomic mass is 19.4. The summed E-state index contributed by atoms with van der Waals surface area (Å²) in [5.74, 6) is -0.645. The molecule has 1 saturated heterocycles. The lowest BCUT2D eigenvalue weighted by Crippen LogP contribution is -2.54. The van der Waals surface area contributed by atoms with Crippen molar-refractivity contribution in [1.82, 2.24) is 9.88 Å². The van der Waals surface area contributed by atoms with Crippen LogP contribution >= 0.6 is 0 Å². The summed E-state index contributed by atoms with van der Waals surface area (Å²) in [5, 5.41) is 0. The van der Waals surface area contributed by atoms with Crippen LogP contribution in [-0.2, 0) is 10.9 Å². The Hall–Kier alpha value is -1.63. The number of ether oxygens (including phenoxy) is 1. The van der Waals surface area contributed by atoms with E-state index in [2.05, 4.69) is 4.98 Å².